The van der Waals surface area contributed by atoms with E-state index in [1.165, 1.54) is 0 Å². The third-order valence-electron chi connectivity index (χ3n) is 4.06. The van der Waals surface area contributed by atoms with E-state index in [2.05, 4.69) is 53.0 Å². The first-order valence-electron chi connectivity index (χ1n) is 6.65. The lowest BCUT2D eigenvalue weighted by molar-refractivity contribution is 0.243. The van der Waals surface area contributed by atoms with E-state index in [-0.39, 0.29) is 18.8 Å². The van der Waals surface area contributed by atoms with Crippen LogP contribution in [0.15, 0.2) is 0 Å². The van der Waals surface area contributed by atoms with Crippen molar-refractivity contribution in [2.75, 3.05) is 6.61 Å². The fourth-order valence-electron chi connectivity index (χ4n) is 3.04. The molecule has 0 spiro atoms. The standard InChI is InChI=1S/C14H26O2Si/c1-10(2)17(11(3)4,12(5)6)8-7-13-14(9-15)16-13/h10-15H,9H2,1-6H3/t13-,14-/m1/s1. The molecule has 0 bridgehead atoms. The maximum Gasteiger partial charge on any atom is 0.146 e. The Bertz CT molecular complexity index is 290. The smallest absolute Gasteiger partial charge is 0.146 e. The molecule has 98 valence electrons. The maximum absolute atomic E-state index is 8.95. The topological polar surface area (TPSA) is 32.8 Å². The molecule has 1 rings (SSSR count). The molecule has 0 radical (unpaired) electrons. The van der Waals surface area contributed by atoms with Gasteiger partial charge in [0.25, 0.3) is 0 Å². The van der Waals surface area contributed by atoms with Crippen LogP contribution in [0.4, 0.5) is 0 Å². The van der Waals surface area contributed by atoms with Gasteiger partial charge in [-0.25, -0.2) is 0 Å². The van der Waals surface area contributed by atoms with Crippen LogP contribution >= 0.6 is 0 Å². The van der Waals surface area contributed by atoms with E-state index in [9.17, 15) is 0 Å². The number of aliphatic hydroxyl groups is 1. The predicted molar refractivity (Wildman–Crippen MR) is 74.6 cm³/mol. The molecule has 0 aromatic carbocycles. The summed E-state index contributed by atoms with van der Waals surface area (Å²) in [5.41, 5.74) is 5.57. The van der Waals surface area contributed by atoms with Crippen molar-refractivity contribution >= 4 is 8.07 Å². The van der Waals surface area contributed by atoms with Crippen LogP contribution in [0.5, 0.6) is 0 Å². The summed E-state index contributed by atoms with van der Waals surface area (Å²) in [5, 5.41) is 8.95. The molecule has 0 aromatic heterocycles. The molecule has 1 N–H and O–H groups in total. The van der Waals surface area contributed by atoms with Gasteiger partial charge >= 0.3 is 0 Å². The summed E-state index contributed by atoms with van der Waals surface area (Å²) >= 11 is 0. The minimum Gasteiger partial charge on any atom is -0.394 e. The lowest BCUT2D eigenvalue weighted by Crippen LogP contribution is -2.43. The van der Waals surface area contributed by atoms with Crippen molar-refractivity contribution in [3.05, 3.63) is 0 Å². The summed E-state index contributed by atoms with van der Waals surface area (Å²) in [6.45, 7) is 13.9. The molecule has 2 atom stereocenters. The molecular weight excluding hydrogens is 228 g/mol. The van der Waals surface area contributed by atoms with E-state index >= 15 is 0 Å². The van der Waals surface area contributed by atoms with Gasteiger partial charge in [-0.15, -0.1) is 5.54 Å². The molecule has 1 aliphatic rings. The van der Waals surface area contributed by atoms with E-state index in [1.54, 1.807) is 0 Å². The Morgan fingerprint density at radius 2 is 1.53 bits per heavy atom. The second-order valence-electron chi connectivity index (χ2n) is 5.94. The third-order valence-corrected chi connectivity index (χ3v) is 10.4. The average molecular weight is 254 g/mol. The van der Waals surface area contributed by atoms with E-state index in [4.69, 9.17) is 9.84 Å². The first-order chi connectivity index (χ1) is 7.86. The molecule has 17 heavy (non-hydrogen) atoms. The van der Waals surface area contributed by atoms with Crippen LogP contribution in [-0.2, 0) is 4.74 Å². The molecule has 0 aliphatic carbocycles. The van der Waals surface area contributed by atoms with Crippen LogP contribution in [0.3, 0.4) is 0 Å². The molecule has 0 amide bonds. The van der Waals surface area contributed by atoms with Crippen molar-refractivity contribution in [3.8, 4) is 11.5 Å². The van der Waals surface area contributed by atoms with Crippen molar-refractivity contribution < 1.29 is 9.84 Å². The van der Waals surface area contributed by atoms with E-state index in [0.717, 1.165) is 0 Å². The Kier molecular flexibility index (Phi) is 4.83. The summed E-state index contributed by atoms with van der Waals surface area (Å²) in [6.07, 6.45) is -0.0381. The minimum atomic E-state index is -1.62. The molecule has 0 unspecified atom stereocenters. The van der Waals surface area contributed by atoms with Crippen LogP contribution in [0.1, 0.15) is 41.5 Å². The Hall–Kier alpha value is -0.303. The van der Waals surface area contributed by atoms with Crippen molar-refractivity contribution in [1.29, 1.82) is 0 Å². The highest BCUT2D eigenvalue weighted by Gasteiger charge is 2.43. The van der Waals surface area contributed by atoms with Gasteiger partial charge in [-0.05, 0) is 16.6 Å². The lowest BCUT2D eigenvalue weighted by Gasteiger charge is -2.38. The summed E-state index contributed by atoms with van der Waals surface area (Å²) in [4.78, 5) is 0. The van der Waals surface area contributed by atoms with Crippen molar-refractivity contribution in [2.24, 2.45) is 0 Å². The van der Waals surface area contributed by atoms with Crippen molar-refractivity contribution in [1.82, 2.24) is 0 Å². The van der Waals surface area contributed by atoms with Gasteiger partial charge in [0, 0.05) is 0 Å². The normalized spacial score (nSPS) is 24.1. The van der Waals surface area contributed by atoms with E-state index < -0.39 is 8.07 Å². The summed E-state index contributed by atoms with van der Waals surface area (Å²) < 4.78 is 5.30. The number of epoxide rings is 1. The molecule has 3 heteroatoms. The average Bonchev–Trinajstić information content (AvgIpc) is 2.95. The summed E-state index contributed by atoms with van der Waals surface area (Å²) in [6, 6.07) is 0. The SMILES string of the molecule is CC(C)[Si](C#C[C@H]1O[C@@H]1CO)(C(C)C)C(C)C. The Morgan fingerprint density at radius 1 is 1.06 bits per heavy atom. The first kappa shape index (κ1) is 14.8. The number of hydrogen-bond donors (Lipinski definition) is 1. The molecule has 1 aliphatic heterocycles. The van der Waals surface area contributed by atoms with Gasteiger partial charge in [0.1, 0.15) is 20.3 Å². The van der Waals surface area contributed by atoms with Crippen LogP contribution in [0, 0.1) is 11.5 Å². The highest BCUT2D eigenvalue weighted by molar-refractivity contribution is 6.90. The number of ether oxygens (including phenoxy) is 1. The Morgan fingerprint density at radius 3 is 1.82 bits per heavy atom. The molecule has 1 saturated heterocycles. The van der Waals surface area contributed by atoms with Gasteiger partial charge < -0.3 is 9.84 Å². The van der Waals surface area contributed by atoms with Gasteiger partial charge in [0.15, 0.2) is 0 Å². The molecule has 1 fully saturated rings. The quantitative estimate of drug-likeness (QED) is 0.475. The number of aliphatic hydroxyl groups excluding tert-OH is 1. The van der Waals surface area contributed by atoms with Gasteiger partial charge in [-0.3, -0.25) is 0 Å². The van der Waals surface area contributed by atoms with E-state index in [0.29, 0.717) is 16.6 Å². The van der Waals surface area contributed by atoms with Crippen molar-refractivity contribution in [3.63, 3.8) is 0 Å². The molecule has 0 saturated carbocycles. The number of rotatable bonds is 4. The van der Waals surface area contributed by atoms with E-state index in [1.807, 2.05) is 0 Å². The van der Waals surface area contributed by atoms with Crippen LogP contribution in [0.2, 0.25) is 16.6 Å². The van der Waals surface area contributed by atoms with Crippen molar-refractivity contribution in [2.45, 2.75) is 70.4 Å². The molecule has 1 heterocycles. The minimum absolute atomic E-state index is 0.0110. The molecular formula is C14H26O2Si. The zero-order chi connectivity index (χ0) is 13.2. The van der Waals surface area contributed by atoms with Gasteiger partial charge in [0.2, 0.25) is 0 Å². The maximum atomic E-state index is 8.95. The number of hydrogen-bond acceptors (Lipinski definition) is 2. The van der Waals surface area contributed by atoms with Gasteiger partial charge in [0.05, 0.1) is 6.61 Å². The van der Waals surface area contributed by atoms with Crippen LogP contribution < -0.4 is 0 Å². The second-order valence-corrected chi connectivity index (χ2v) is 11.5. The zero-order valence-corrected chi connectivity index (χ0v) is 12.9. The Labute approximate surface area is 107 Å². The first-order valence-corrected chi connectivity index (χ1v) is 8.88. The Balaban J connectivity index is 2.91. The molecule has 0 aromatic rings. The molecule has 2 nitrogen and oxygen atoms in total. The monoisotopic (exact) mass is 254 g/mol. The van der Waals surface area contributed by atoms with Crippen LogP contribution in [-0.4, -0.2) is 32.0 Å². The summed E-state index contributed by atoms with van der Waals surface area (Å²) in [7, 11) is -1.62. The van der Waals surface area contributed by atoms with Gasteiger partial charge in [-0.2, -0.15) is 0 Å². The predicted octanol–water partition coefficient (Wildman–Crippen LogP) is 2.97. The highest BCUT2D eigenvalue weighted by atomic mass is 28.3. The fourth-order valence-corrected chi connectivity index (χ4v) is 8.30. The second kappa shape index (κ2) is 5.56. The largest absolute Gasteiger partial charge is 0.394 e. The third kappa shape index (κ3) is 2.93. The lowest BCUT2D eigenvalue weighted by atomic mass is 10.3. The fraction of sp³-hybridized carbons (Fsp3) is 0.857. The van der Waals surface area contributed by atoms with Crippen LogP contribution in [0.25, 0.3) is 0 Å². The zero-order valence-electron chi connectivity index (χ0n) is 11.9. The summed E-state index contributed by atoms with van der Waals surface area (Å²) in [5.74, 6) is 3.27. The van der Waals surface area contributed by atoms with Gasteiger partial charge in [-0.1, -0.05) is 47.5 Å². The highest BCUT2D eigenvalue weighted by Crippen LogP contribution is 2.41.